The second-order valence-corrected chi connectivity index (χ2v) is 4.12. The van der Waals surface area contributed by atoms with Crippen LogP contribution in [0.4, 0.5) is 8.78 Å². The minimum absolute atomic E-state index is 0.0304. The van der Waals surface area contributed by atoms with Gasteiger partial charge in [0.15, 0.2) is 0 Å². The third-order valence-electron chi connectivity index (χ3n) is 2.10. The van der Waals surface area contributed by atoms with Crippen LogP contribution in [0.2, 0.25) is 0 Å². The van der Waals surface area contributed by atoms with E-state index in [1.165, 1.54) is 0 Å². The predicted molar refractivity (Wildman–Crippen MR) is 50.5 cm³/mol. The van der Waals surface area contributed by atoms with E-state index in [0.29, 0.717) is 10.4 Å². The van der Waals surface area contributed by atoms with Crippen molar-refractivity contribution in [2.45, 2.75) is 12.3 Å². The zero-order valence-corrected chi connectivity index (χ0v) is 8.80. The van der Waals surface area contributed by atoms with E-state index in [9.17, 15) is 8.78 Å². The molecular weight excluding hydrogens is 256 g/mol. The number of rotatable bonds is 3. The average Bonchev–Trinajstić information content (AvgIpc) is 2.73. The highest BCUT2D eigenvalue weighted by molar-refractivity contribution is 9.10. The molecule has 76 valence electrons. The molecule has 1 aliphatic rings. The third kappa shape index (κ3) is 2.03. The molecule has 0 saturated heterocycles. The Labute approximate surface area is 88.4 Å². The fraction of sp³-hybridized carbons (Fsp3) is 0.444. The molecule has 0 aromatic carbocycles. The number of pyridine rings is 1. The summed E-state index contributed by atoms with van der Waals surface area (Å²) >= 11 is 3.22. The summed E-state index contributed by atoms with van der Waals surface area (Å²) in [5.41, 5.74) is 0. The molecule has 1 aliphatic carbocycles. The van der Waals surface area contributed by atoms with Crippen LogP contribution in [0, 0.1) is 5.92 Å². The van der Waals surface area contributed by atoms with E-state index in [-0.39, 0.29) is 13.0 Å². The molecule has 1 aromatic rings. The lowest BCUT2D eigenvalue weighted by atomic mass is 10.4. The Bertz CT molecular complexity index is 345. The summed E-state index contributed by atoms with van der Waals surface area (Å²) in [6.07, 6.45) is 1.49. The first-order valence-corrected chi connectivity index (χ1v) is 5.00. The Morgan fingerprint density at radius 2 is 2.36 bits per heavy atom. The standard InChI is InChI=1S/C9H8BrF2NO/c10-7-2-1-3-13-8(7)14-5-6-4-9(6,11)12/h1-3,6H,4-5H2/t6-/m0/s1. The molecule has 1 atom stereocenters. The van der Waals surface area contributed by atoms with Crippen molar-refractivity contribution in [1.29, 1.82) is 0 Å². The maximum Gasteiger partial charge on any atom is 0.255 e. The minimum Gasteiger partial charge on any atom is -0.476 e. The van der Waals surface area contributed by atoms with Crippen molar-refractivity contribution in [2.75, 3.05) is 6.61 Å². The van der Waals surface area contributed by atoms with Crippen LogP contribution in [0.25, 0.3) is 0 Å². The molecule has 0 N–H and O–H groups in total. The van der Waals surface area contributed by atoms with Gasteiger partial charge < -0.3 is 4.74 Å². The fourth-order valence-electron chi connectivity index (χ4n) is 1.11. The highest BCUT2D eigenvalue weighted by Crippen LogP contribution is 2.48. The molecule has 2 rings (SSSR count). The largest absolute Gasteiger partial charge is 0.476 e. The van der Waals surface area contributed by atoms with Gasteiger partial charge in [0.1, 0.15) is 0 Å². The smallest absolute Gasteiger partial charge is 0.255 e. The third-order valence-corrected chi connectivity index (χ3v) is 2.71. The molecule has 1 heterocycles. The van der Waals surface area contributed by atoms with Crippen molar-refractivity contribution in [2.24, 2.45) is 5.92 Å². The number of alkyl halides is 2. The Kier molecular flexibility index (Phi) is 2.43. The van der Waals surface area contributed by atoms with Gasteiger partial charge >= 0.3 is 0 Å². The van der Waals surface area contributed by atoms with E-state index in [1.54, 1.807) is 18.3 Å². The zero-order chi connectivity index (χ0) is 10.2. The lowest BCUT2D eigenvalue weighted by Crippen LogP contribution is -2.06. The van der Waals surface area contributed by atoms with Gasteiger partial charge in [-0.25, -0.2) is 13.8 Å². The van der Waals surface area contributed by atoms with E-state index in [4.69, 9.17) is 4.74 Å². The summed E-state index contributed by atoms with van der Waals surface area (Å²) in [5, 5.41) is 0. The van der Waals surface area contributed by atoms with Gasteiger partial charge in [0.25, 0.3) is 5.92 Å². The van der Waals surface area contributed by atoms with Crippen molar-refractivity contribution >= 4 is 15.9 Å². The topological polar surface area (TPSA) is 22.1 Å². The van der Waals surface area contributed by atoms with E-state index in [1.807, 2.05) is 0 Å². The molecule has 2 nitrogen and oxygen atoms in total. The van der Waals surface area contributed by atoms with Gasteiger partial charge in [-0.3, -0.25) is 0 Å². The van der Waals surface area contributed by atoms with Gasteiger partial charge in [-0.1, -0.05) is 0 Å². The molecule has 0 amide bonds. The Morgan fingerprint density at radius 3 is 2.93 bits per heavy atom. The molecule has 0 unspecified atom stereocenters. The molecule has 0 radical (unpaired) electrons. The number of halogens is 3. The fourth-order valence-corrected chi connectivity index (χ4v) is 1.48. The number of hydrogen-bond acceptors (Lipinski definition) is 2. The first-order valence-electron chi connectivity index (χ1n) is 4.21. The zero-order valence-electron chi connectivity index (χ0n) is 7.21. The molecule has 1 fully saturated rings. The SMILES string of the molecule is FC1(F)C[C@H]1COc1ncccc1Br. The van der Waals surface area contributed by atoms with E-state index in [2.05, 4.69) is 20.9 Å². The summed E-state index contributed by atoms with van der Waals surface area (Å²) in [6, 6.07) is 3.50. The van der Waals surface area contributed by atoms with Crippen LogP contribution in [-0.4, -0.2) is 17.5 Å². The Balaban J connectivity index is 1.90. The quantitative estimate of drug-likeness (QED) is 0.837. The highest BCUT2D eigenvalue weighted by atomic mass is 79.9. The number of nitrogens with zero attached hydrogens (tertiary/aromatic N) is 1. The molecule has 5 heteroatoms. The Hall–Kier alpha value is -0.710. The molecular formula is C9H8BrF2NO. The maximum absolute atomic E-state index is 12.5. The maximum atomic E-state index is 12.5. The highest BCUT2D eigenvalue weighted by Gasteiger charge is 2.57. The van der Waals surface area contributed by atoms with Crippen LogP contribution in [0.5, 0.6) is 5.88 Å². The second-order valence-electron chi connectivity index (χ2n) is 3.26. The van der Waals surface area contributed by atoms with E-state index >= 15 is 0 Å². The van der Waals surface area contributed by atoms with Crippen molar-refractivity contribution < 1.29 is 13.5 Å². The van der Waals surface area contributed by atoms with Gasteiger partial charge in [0.05, 0.1) is 17.0 Å². The summed E-state index contributed by atoms with van der Waals surface area (Å²) < 4.78 is 30.8. The van der Waals surface area contributed by atoms with Crippen LogP contribution < -0.4 is 4.74 Å². The molecule has 1 aromatic heterocycles. The number of ether oxygens (including phenoxy) is 1. The molecule has 1 saturated carbocycles. The first-order chi connectivity index (χ1) is 6.59. The molecule has 0 bridgehead atoms. The van der Waals surface area contributed by atoms with Gasteiger partial charge in [0, 0.05) is 12.6 Å². The number of aromatic nitrogens is 1. The summed E-state index contributed by atoms with van der Waals surface area (Å²) in [6.45, 7) is 0.0304. The van der Waals surface area contributed by atoms with Crippen molar-refractivity contribution in [3.63, 3.8) is 0 Å². The van der Waals surface area contributed by atoms with E-state index in [0.717, 1.165) is 0 Å². The summed E-state index contributed by atoms with van der Waals surface area (Å²) in [4.78, 5) is 3.91. The lowest BCUT2D eigenvalue weighted by molar-refractivity contribution is 0.0848. The Morgan fingerprint density at radius 1 is 1.64 bits per heavy atom. The van der Waals surface area contributed by atoms with Crippen LogP contribution in [-0.2, 0) is 0 Å². The van der Waals surface area contributed by atoms with Gasteiger partial charge in [-0.05, 0) is 28.1 Å². The van der Waals surface area contributed by atoms with Gasteiger partial charge in [-0.15, -0.1) is 0 Å². The monoisotopic (exact) mass is 263 g/mol. The van der Waals surface area contributed by atoms with Crippen LogP contribution in [0.3, 0.4) is 0 Å². The van der Waals surface area contributed by atoms with Crippen molar-refractivity contribution in [3.05, 3.63) is 22.8 Å². The second kappa shape index (κ2) is 3.46. The van der Waals surface area contributed by atoms with Crippen LogP contribution in [0.1, 0.15) is 6.42 Å². The van der Waals surface area contributed by atoms with Crippen molar-refractivity contribution in [1.82, 2.24) is 4.98 Å². The minimum atomic E-state index is -2.53. The molecule has 0 spiro atoms. The first kappa shape index (κ1) is 9.83. The number of hydrogen-bond donors (Lipinski definition) is 0. The van der Waals surface area contributed by atoms with Crippen molar-refractivity contribution in [3.8, 4) is 5.88 Å². The summed E-state index contributed by atoms with van der Waals surface area (Å²) in [7, 11) is 0. The normalized spacial score (nSPS) is 23.2. The predicted octanol–water partition coefficient (Wildman–Crippen LogP) is 2.88. The molecule has 0 aliphatic heterocycles. The van der Waals surface area contributed by atoms with Gasteiger partial charge in [-0.2, -0.15) is 0 Å². The van der Waals surface area contributed by atoms with E-state index < -0.39 is 11.8 Å². The lowest BCUT2D eigenvalue weighted by Gasteiger charge is -2.05. The van der Waals surface area contributed by atoms with Crippen LogP contribution in [0.15, 0.2) is 22.8 Å². The summed E-state index contributed by atoms with van der Waals surface area (Å²) in [5.74, 6) is -2.80. The average molecular weight is 264 g/mol. The van der Waals surface area contributed by atoms with Gasteiger partial charge in [0.2, 0.25) is 5.88 Å². The van der Waals surface area contributed by atoms with Crippen LogP contribution >= 0.6 is 15.9 Å². The molecule has 14 heavy (non-hydrogen) atoms.